The van der Waals surface area contributed by atoms with Gasteiger partial charge in [0.25, 0.3) is 5.91 Å². The molecule has 0 unspecified atom stereocenters. The average Bonchev–Trinajstić information content (AvgIpc) is 2.62. The van der Waals surface area contributed by atoms with Crippen LogP contribution in [0.15, 0.2) is 45.7 Å². The van der Waals surface area contributed by atoms with Gasteiger partial charge < -0.3 is 14.8 Å². The number of aryl methyl sites for hydroxylation is 2. The van der Waals surface area contributed by atoms with Crippen molar-refractivity contribution in [3.63, 3.8) is 0 Å². The molecule has 2 aromatic heterocycles. The van der Waals surface area contributed by atoms with Gasteiger partial charge in [0.1, 0.15) is 5.56 Å². The van der Waals surface area contributed by atoms with E-state index in [2.05, 4.69) is 10.3 Å². The SMILES string of the molecule is CCc1cccc(NC(=O)c2cc3c(CO)c[nH+]c(C)c3oc2=O)c1. The number of hydrogen-bond donors (Lipinski definition) is 2. The number of carbonyl (C=O) groups is 1. The van der Waals surface area contributed by atoms with Crippen molar-refractivity contribution in [2.45, 2.75) is 26.9 Å². The number of aliphatic hydroxyl groups is 1. The van der Waals surface area contributed by atoms with Gasteiger partial charge in [-0.3, -0.25) is 4.79 Å². The number of H-pyrrole nitrogens is 1. The Hall–Kier alpha value is -2.99. The standard InChI is InChI=1S/C19H18N2O4/c1-3-12-5-4-6-14(7-12)21-18(23)16-8-15-13(10-22)9-20-11(2)17(15)25-19(16)24/h4-9,22H,3,10H2,1-2H3,(H,21,23)/p+1. The summed E-state index contributed by atoms with van der Waals surface area (Å²) >= 11 is 0. The van der Waals surface area contributed by atoms with Crippen molar-refractivity contribution in [3.05, 3.63) is 69.3 Å². The highest BCUT2D eigenvalue weighted by atomic mass is 16.4. The predicted octanol–water partition coefficient (Wildman–Crippen LogP) is 2.22. The Morgan fingerprint density at radius 2 is 2.12 bits per heavy atom. The number of pyridine rings is 1. The van der Waals surface area contributed by atoms with Crippen molar-refractivity contribution >= 4 is 22.6 Å². The molecule has 3 N–H and O–H groups in total. The smallest absolute Gasteiger partial charge is 0.349 e. The summed E-state index contributed by atoms with van der Waals surface area (Å²) in [7, 11) is 0. The lowest BCUT2D eigenvalue weighted by Crippen LogP contribution is -2.22. The first-order chi connectivity index (χ1) is 12.0. The van der Waals surface area contributed by atoms with E-state index in [1.807, 2.05) is 25.1 Å². The van der Waals surface area contributed by atoms with Crippen molar-refractivity contribution in [1.82, 2.24) is 0 Å². The molecular formula is C19H19N2O4+. The minimum atomic E-state index is -0.719. The molecule has 0 bridgehead atoms. The van der Waals surface area contributed by atoms with Gasteiger partial charge in [0.05, 0.1) is 12.2 Å². The molecule has 6 heteroatoms. The molecule has 0 fully saturated rings. The number of aromatic nitrogens is 1. The van der Waals surface area contributed by atoms with E-state index in [-0.39, 0.29) is 12.2 Å². The minimum absolute atomic E-state index is 0.102. The number of carbonyl (C=O) groups excluding carboxylic acids is 1. The van der Waals surface area contributed by atoms with E-state index in [4.69, 9.17) is 4.42 Å². The first kappa shape index (κ1) is 16.9. The second kappa shape index (κ2) is 6.86. The molecule has 3 rings (SSSR count). The third-order valence-electron chi connectivity index (χ3n) is 4.11. The van der Waals surface area contributed by atoms with Crippen LogP contribution in [-0.4, -0.2) is 11.0 Å². The van der Waals surface area contributed by atoms with Gasteiger partial charge >= 0.3 is 5.63 Å². The highest BCUT2D eigenvalue weighted by Gasteiger charge is 2.19. The molecule has 0 aliphatic heterocycles. The molecule has 128 valence electrons. The second-order valence-corrected chi connectivity index (χ2v) is 5.80. The Balaban J connectivity index is 2.04. The number of amides is 1. The van der Waals surface area contributed by atoms with Crippen LogP contribution in [-0.2, 0) is 13.0 Å². The number of aromatic amines is 1. The van der Waals surface area contributed by atoms with Crippen LogP contribution in [0, 0.1) is 6.92 Å². The number of nitrogens with one attached hydrogen (secondary N) is 2. The molecule has 1 amide bonds. The summed E-state index contributed by atoms with van der Waals surface area (Å²) in [6.45, 7) is 3.54. The summed E-state index contributed by atoms with van der Waals surface area (Å²) < 4.78 is 5.31. The van der Waals surface area contributed by atoms with E-state index in [1.54, 1.807) is 19.2 Å². The topological polar surface area (TPSA) is 93.7 Å². The number of anilines is 1. The third kappa shape index (κ3) is 3.29. The van der Waals surface area contributed by atoms with Gasteiger partial charge in [-0.25, -0.2) is 9.78 Å². The summed E-state index contributed by atoms with van der Waals surface area (Å²) in [4.78, 5) is 27.7. The first-order valence-corrected chi connectivity index (χ1v) is 8.02. The number of fused-ring (bicyclic) bond motifs is 1. The second-order valence-electron chi connectivity index (χ2n) is 5.80. The molecule has 0 atom stereocenters. The van der Waals surface area contributed by atoms with Crippen LogP contribution in [0.3, 0.4) is 0 Å². The predicted molar refractivity (Wildman–Crippen MR) is 93.5 cm³/mol. The molecule has 1 aromatic carbocycles. The quantitative estimate of drug-likeness (QED) is 0.762. The molecule has 0 saturated heterocycles. The fourth-order valence-electron chi connectivity index (χ4n) is 2.68. The summed E-state index contributed by atoms with van der Waals surface area (Å²) in [5, 5.41) is 12.7. The molecule has 0 radical (unpaired) electrons. The Kier molecular flexibility index (Phi) is 4.63. The highest BCUT2D eigenvalue weighted by molar-refractivity contribution is 6.05. The zero-order valence-electron chi connectivity index (χ0n) is 14.1. The van der Waals surface area contributed by atoms with Crippen LogP contribution >= 0.6 is 0 Å². The fourth-order valence-corrected chi connectivity index (χ4v) is 2.68. The monoisotopic (exact) mass is 339 g/mol. The molecule has 6 nitrogen and oxygen atoms in total. The summed E-state index contributed by atoms with van der Waals surface area (Å²) in [5.74, 6) is -0.543. The van der Waals surface area contributed by atoms with E-state index in [1.165, 1.54) is 6.07 Å². The van der Waals surface area contributed by atoms with Crippen LogP contribution in [0.2, 0.25) is 0 Å². The normalized spacial score (nSPS) is 10.8. The molecule has 0 aliphatic carbocycles. The van der Waals surface area contributed by atoms with Gasteiger partial charge in [-0.1, -0.05) is 19.1 Å². The van der Waals surface area contributed by atoms with Crippen LogP contribution in [0.25, 0.3) is 11.0 Å². The number of hydrogen-bond acceptors (Lipinski definition) is 4. The maximum absolute atomic E-state index is 12.5. The number of aliphatic hydroxyl groups excluding tert-OH is 1. The zero-order valence-corrected chi connectivity index (χ0v) is 14.1. The molecular weight excluding hydrogens is 320 g/mol. The zero-order chi connectivity index (χ0) is 18.0. The van der Waals surface area contributed by atoms with E-state index in [0.717, 1.165) is 12.0 Å². The molecule has 0 aliphatic rings. The van der Waals surface area contributed by atoms with Gasteiger partial charge in [0.2, 0.25) is 11.3 Å². The molecule has 2 heterocycles. The van der Waals surface area contributed by atoms with Gasteiger partial charge in [-0.05, 0) is 30.2 Å². The number of benzene rings is 1. The largest absolute Gasteiger partial charge is 0.415 e. The van der Waals surface area contributed by atoms with E-state index in [9.17, 15) is 14.7 Å². The van der Waals surface area contributed by atoms with E-state index in [0.29, 0.717) is 27.9 Å². The van der Waals surface area contributed by atoms with Crippen molar-refractivity contribution in [2.75, 3.05) is 5.32 Å². The maximum Gasteiger partial charge on any atom is 0.349 e. The van der Waals surface area contributed by atoms with E-state index >= 15 is 0 Å². The maximum atomic E-state index is 12.5. The van der Waals surface area contributed by atoms with Crippen molar-refractivity contribution in [2.24, 2.45) is 0 Å². The first-order valence-electron chi connectivity index (χ1n) is 8.02. The minimum Gasteiger partial charge on any atom is -0.415 e. The molecule has 3 aromatic rings. The van der Waals surface area contributed by atoms with Gasteiger partial charge in [-0.2, -0.15) is 0 Å². The van der Waals surface area contributed by atoms with E-state index < -0.39 is 11.5 Å². The third-order valence-corrected chi connectivity index (χ3v) is 4.11. The van der Waals surface area contributed by atoms with Crippen LogP contribution < -0.4 is 15.9 Å². The fraction of sp³-hybridized carbons (Fsp3) is 0.211. The van der Waals surface area contributed by atoms with Crippen molar-refractivity contribution < 1.29 is 19.3 Å². The van der Waals surface area contributed by atoms with Crippen molar-refractivity contribution in [3.8, 4) is 0 Å². The van der Waals surface area contributed by atoms with Crippen LogP contribution in [0.4, 0.5) is 5.69 Å². The van der Waals surface area contributed by atoms with Gasteiger partial charge in [0.15, 0.2) is 6.20 Å². The summed E-state index contributed by atoms with van der Waals surface area (Å²) in [6, 6.07) is 8.90. The Morgan fingerprint density at radius 1 is 1.32 bits per heavy atom. The van der Waals surface area contributed by atoms with Crippen molar-refractivity contribution in [1.29, 1.82) is 0 Å². The Labute approximate surface area is 144 Å². The summed E-state index contributed by atoms with van der Waals surface area (Å²) in [5.41, 5.74) is 2.40. The molecule has 0 saturated carbocycles. The number of rotatable bonds is 4. The average molecular weight is 339 g/mol. The Bertz CT molecular complexity index is 1010. The van der Waals surface area contributed by atoms with Gasteiger partial charge in [-0.15, -0.1) is 0 Å². The van der Waals surface area contributed by atoms with Gasteiger partial charge in [0, 0.05) is 18.0 Å². The lowest BCUT2D eigenvalue weighted by molar-refractivity contribution is -0.386. The van der Waals surface area contributed by atoms with Crippen LogP contribution in [0.5, 0.6) is 0 Å². The molecule has 0 spiro atoms. The highest BCUT2D eigenvalue weighted by Crippen LogP contribution is 2.19. The Morgan fingerprint density at radius 3 is 2.84 bits per heavy atom. The molecule has 25 heavy (non-hydrogen) atoms. The lowest BCUT2D eigenvalue weighted by atomic mass is 10.1. The summed E-state index contributed by atoms with van der Waals surface area (Å²) in [6.07, 6.45) is 2.47. The van der Waals surface area contributed by atoms with Crippen LogP contribution in [0.1, 0.15) is 34.1 Å². The lowest BCUT2D eigenvalue weighted by Gasteiger charge is -2.07.